The number of aliphatic hydroxyl groups excluding tert-OH is 1. The van der Waals surface area contributed by atoms with Gasteiger partial charge in [0.25, 0.3) is 0 Å². The molecule has 2 aromatic rings. The molecule has 1 atom stereocenters. The molecule has 1 unspecified atom stereocenters. The summed E-state index contributed by atoms with van der Waals surface area (Å²) >= 11 is 0. The largest absolute Gasteiger partial charge is 0.396 e. The predicted octanol–water partition coefficient (Wildman–Crippen LogP) is 1.88. The monoisotopic (exact) mass is 218 g/mol. The Morgan fingerprint density at radius 1 is 1.25 bits per heavy atom. The minimum absolute atomic E-state index is 0.0208. The zero-order valence-electron chi connectivity index (χ0n) is 8.47. The molecule has 3 nitrogen and oxygen atoms in total. The molecule has 0 aliphatic heterocycles. The van der Waals surface area contributed by atoms with Gasteiger partial charge in [-0.15, -0.1) is 0 Å². The summed E-state index contributed by atoms with van der Waals surface area (Å²) in [6.45, 7) is 0. The first-order valence-corrected chi connectivity index (χ1v) is 4.82. The standard InChI is InChI=1S/C12H11FN2O/c13-9-5-4-8(7-10(9)14)12(16)11-3-1-2-6-15-11/h1-7,12,16H,14H2. The molecule has 0 saturated carbocycles. The van der Waals surface area contributed by atoms with E-state index in [1.165, 1.54) is 18.2 Å². The Morgan fingerprint density at radius 3 is 2.69 bits per heavy atom. The third kappa shape index (κ3) is 2.01. The van der Waals surface area contributed by atoms with Crippen molar-refractivity contribution in [2.75, 3.05) is 5.73 Å². The summed E-state index contributed by atoms with van der Waals surface area (Å²) in [5, 5.41) is 9.97. The smallest absolute Gasteiger partial charge is 0.146 e. The van der Waals surface area contributed by atoms with E-state index in [1.54, 1.807) is 24.4 Å². The quantitative estimate of drug-likeness (QED) is 0.757. The molecule has 0 bridgehead atoms. The molecule has 82 valence electrons. The third-order valence-electron chi connectivity index (χ3n) is 2.30. The number of benzene rings is 1. The zero-order chi connectivity index (χ0) is 11.5. The fourth-order valence-electron chi connectivity index (χ4n) is 1.44. The van der Waals surface area contributed by atoms with Crippen LogP contribution in [0.15, 0.2) is 42.6 Å². The minimum atomic E-state index is -0.885. The zero-order valence-corrected chi connectivity index (χ0v) is 8.47. The predicted molar refractivity (Wildman–Crippen MR) is 59.1 cm³/mol. The SMILES string of the molecule is Nc1cc(C(O)c2ccccn2)ccc1F. The second-order valence-electron chi connectivity index (χ2n) is 3.44. The number of pyridine rings is 1. The van der Waals surface area contributed by atoms with E-state index in [0.717, 1.165) is 0 Å². The molecule has 0 aliphatic rings. The maximum atomic E-state index is 12.9. The molecule has 16 heavy (non-hydrogen) atoms. The van der Waals surface area contributed by atoms with Gasteiger partial charge >= 0.3 is 0 Å². The Bertz CT molecular complexity index is 488. The van der Waals surface area contributed by atoms with Crippen LogP contribution < -0.4 is 5.73 Å². The summed E-state index contributed by atoms with van der Waals surface area (Å²) in [5.74, 6) is -0.489. The molecule has 1 aromatic heterocycles. The molecule has 0 amide bonds. The summed E-state index contributed by atoms with van der Waals surface area (Å²) in [6, 6.07) is 9.37. The van der Waals surface area contributed by atoms with Gasteiger partial charge in [-0.3, -0.25) is 4.98 Å². The lowest BCUT2D eigenvalue weighted by Crippen LogP contribution is -2.03. The third-order valence-corrected chi connectivity index (χ3v) is 2.30. The molecule has 1 aromatic carbocycles. The van der Waals surface area contributed by atoms with Gasteiger partial charge in [-0.1, -0.05) is 12.1 Å². The number of nitrogen functional groups attached to an aromatic ring is 1. The van der Waals surface area contributed by atoms with Crippen molar-refractivity contribution < 1.29 is 9.50 Å². The molecule has 2 rings (SSSR count). The van der Waals surface area contributed by atoms with Crippen molar-refractivity contribution >= 4 is 5.69 Å². The van der Waals surface area contributed by atoms with E-state index in [4.69, 9.17) is 5.73 Å². The fraction of sp³-hybridized carbons (Fsp3) is 0.0833. The second-order valence-corrected chi connectivity index (χ2v) is 3.44. The van der Waals surface area contributed by atoms with Crippen LogP contribution in [0.3, 0.4) is 0 Å². The van der Waals surface area contributed by atoms with Gasteiger partial charge in [0.05, 0.1) is 11.4 Å². The molecular weight excluding hydrogens is 207 g/mol. The fourth-order valence-corrected chi connectivity index (χ4v) is 1.44. The second kappa shape index (κ2) is 4.28. The first-order valence-electron chi connectivity index (χ1n) is 4.82. The molecule has 0 fully saturated rings. The van der Waals surface area contributed by atoms with Crippen LogP contribution in [0.2, 0.25) is 0 Å². The van der Waals surface area contributed by atoms with E-state index >= 15 is 0 Å². The minimum Gasteiger partial charge on any atom is -0.396 e. The summed E-state index contributed by atoms with van der Waals surface area (Å²) in [6.07, 6.45) is 0.704. The first kappa shape index (κ1) is 10.6. The van der Waals surface area contributed by atoms with Crippen LogP contribution in [0, 0.1) is 5.82 Å². The van der Waals surface area contributed by atoms with Crippen LogP contribution in [0.4, 0.5) is 10.1 Å². The molecule has 0 radical (unpaired) electrons. The van der Waals surface area contributed by atoms with Crippen molar-refractivity contribution in [3.05, 3.63) is 59.7 Å². The van der Waals surface area contributed by atoms with Crippen LogP contribution in [-0.2, 0) is 0 Å². The lowest BCUT2D eigenvalue weighted by atomic mass is 10.1. The van der Waals surface area contributed by atoms with E-state index in [1.807, 2.05) is 0 Å². The lowest BCUT2D eigenvalue weighted by Gasteiger charge is -2.10. The number of aliphatic hydroxyl groups is 1. The van der Waals surface area contributed by atoms with Crippen LogP contribution >= 0.6 is 0 Å². The topological polar surface area (TPSA) is 59.1 Å². The Morgan fingerprint density at radius 2 is 2.06 bits per heavy atom. The summed E-state index contributed by atoms with van der Waals surface area (Å²) < 4.78 is 12.9. The Kier molecular flexibility index (Phi) is 2.83. The van der Waals surface area contributed by atoms with Crippen LogP contribution in [0.25, 0.3) is 0 Å². The van der Waals surface area contributed by atoms with Crippen molar-refractivity contribution in [2.24, 2.45) is 0 Å². The van der Waals surface area contributed by atoms with Gasteiger partial charge in [0, 0.05) is 6.20 Å². The molecule has 4 heteroatoms. The highest BCUT2D eigenvalue weighted by atomic mass is 19.1. The molecular formula is C12H11FN2O. The Hall–Kier alpha value is -1.94. The van der Waals surface area contributed by atoms with Crippen molar-refractivity contribution in [3.8, 4) is 0 Å². The summed E-state index contributed by atoms with van der Waals surface area (Å²) in [7, 11) is 0. The molecule has 0 spiro atoms. The van der Waals surface area contributed by atoms with Crippen molar-refractivity contribution in [1.29, 1.82) is 0 Å². The number of rotatable bonds is 2. The molecule has 1 heterocycles. The number of halogens is 1. The maximum absolute atomic E-state index is 12.9. The lowest BCUT2D eigenvalue weighted by molar-refractivity contribution is 0.215. The van der Waals surface area contributed by atoms with Crippen LogP contribution in [0.5, 0.6) is 0 Å². The number of nitrogens with two attached hydrogens (primary N) is 1. The Labute approximate surface area is 92.4 Å². The van der Waals surface area contributed by atoms with Crippen LogP contribution in [-0.4, -0.2) is 10.1 Å². The highest BCUT2D eigenvalue weighted by Crippen LogP contribution is 2.22. The average Bonchev–Trinajstić information content (AvgIpc) is 2.33. The molecule has 3 N–H and O–H groups in total. The van der Waals surface area contributed by atoms with Gasteiger partial charge in [0.1, 0.15) is 11.9 Å². The van der Waals surface area contributed by atoms with E-state index in [0.29, 0.717) is 11.3 Å². The molecule has 0 saturated heterocycles. The summed E-state index contributed by atoms with van der Waals surface area (Å²) in [5.41, 5.74) is 6.48. The van der Waals surface area contributed by atoms with E-state index in [9.17, 15) is 9.50 Å². The normalized spacial score (nSPS) is 12.4. The summed E-state index contributed by atoms with van der Waals surface area (Å²) in [4.78, 5) is 4.02. The van der Waals surface area contributed by atoms with Crippen molar-refractivity contribution in [3.63, 3.8) is 0 Å². The number of aromatic nitrogens is 1. The van der Waals surface area contributed by atoms with Gasteiger partial charge < -0.3 is 10.8 Å². The van der Waals surface area contributed by atoms with E-state index in [-0.39, 0.29) is 5.69 Å². The van der Waals surface area contributed by atoms with Crippen molar-refractivity contribution in [2.45, 2.75) is 6.10 Å². The van der Waals surface area contributed by atoms with Gasteiger partial charge in [0.15, 0.2) is 0 Å². The maximum Gasteiger partial charge on any atom is 0.146 e. The number of hydrogen-bond acceptors (Lipinski definition) is 3. The number of hydrogen-bond donors (Lipinski definition) is 2. The molecule has 0 aliphatic carbocycles. The number of nitrogens with zero attached hydrogens (tertiary/aromatic N) is 1. The highest BCUT2D eigenvalue weighted by molar-refractivity contribution is 5.44. The number of anilines is 1. The van der Waals surface area contributed by atoms with Crippen molar-refractivity contribution in [1.82, 2.24) is 4.98 Å². The highest BCUT2D eigenvalue weighted by Gasteiger charge is 2.12. The van der Waals surface area contributed by atoms with Gasteiger partial charge in [-0.05, 0) is 29.8 Å². The van der Waals surface area contributed by atoms with Gasteiger partial charge in [-0.25, -0.2) is 4.39 Å². The van der Waals surface area contributed by atoms with E-state index < -0.39 is 11.9 Å². The van der Waals surface area contributed by atoms with Gasteiger partial charge in [-0.2, -0.15) is 0 Å². The Balaban J connectivity index is 2.34. The van der Waals surface area contributed by atoms with Gasteiger partial charge in [0.2, 0.25) is 0 Å². The first-order chi connectivity index (χ1) is 7.68. The van der Waals surface area contributed by atoms with E-state index in [2.05, 4.69) is 4.98 Å². The van der Waals surface area contributed by atoms with Crippen LogP contribution in [0.1, 0.15) is 17.4 Å². The average molecular weight is 218 g/mol.